The zero-order valence-corrected chi connectivity index (χ0v) is 18.6. The highest BCUT2D eigenvalue weighted by Gasteiger charge is 2.26. The lowest BCUT2D eigenvalue weighted by Crippen LogP contribution is -2.49. The van der Waals surface area contributed by atoms with Crippen molar-refractivity contribution in [3.63, 3.8) is 0 Å². The Labute approximate surface area is 183 Å². The molecule has 0 spiro atoms. The largest absolute Gasteiger partial charge is 0.482 e. The predicted octanol–water partition coefficient (Wildman–Crippen LogP) is 4.69. The first-order valence-electron chi connectivity index (χ1n) is 8.71. The van der Waals surface area contributed by atoms with Gasteiger partial charge in [-0.15, -0.1) is 0 Å². The van der Waals surface area contributed by atoms with Crippen LogP contribution in [-0.4, -0.2) is 35.9 Å². The number of nitrogens with one attached hydrogen (secondary N) is 1. The standard InChI is InChI=1S/C20H21BrCl2N2O3/c1-3-24-20(27)13(2)25(11-14-5-4-6-16(22)9-14)19(26)12-28-18-8-7-15(21)10-17(18)23/h4-10,13H,3,11-12H2,1-2H3,(H,24,27)/t13-/m1/s1. The van der Waals surface area contributed by atoms with E-state index in [2.05, 4.69) is 21.2 Å². The Kier molecular flexibility index (Phi) is 8.60. The number of hydrogen-bond donors (Lipinski definition) is 1. The highest BCUT2D eigenvalue weighted by atomic mass is 79.9. The molecule has 1 N–H and O–H groups in total. The summed E-state index contributed by atoms with van der Waals surface area (Å²) in [4.78, 5) is 26.6. The first-order chi connectivity index (χ1) is 13.3. The van der Waals surface area contributed by atoms with Gasteiger partial charge in [-0.3, -0.25) is 9.59 Å². The molecule has 28 heavy (non-hydrogen) atoms. The smallest absolute Gasteiger partial charge is 0.261 e. The number of rotatable bonds is 8. The third kappa shape index (κ3) is 6.40. The summed E-state index contributed by atoms with van der Waals surface area (Å²) in [7, 11) is 0. The molecule has 150 valence electrons. The lowest BCUT2D eigenvalue weighted by atomic mass is 10.1. The molecular formula is C20H21BrCl2N2O3. The normalized spacial score (nSPS) is 11.6. The Morgan fingerprint density at radius 3 is 2.61 bits per heavy atom. The topological polar surface area (TPSA) is 58.6 Å². The minimum absolute atomic E-state index is 0.231. The van der Waals surface area contributed by atoms with Gasteiger partial charge in [-0.05, 0) is 49.7 Å². The number of ether oxygens (including phenoxy) is 1. The Bertz CT molecular complexity index is 848. The minimum atomic E-state index is -0.671. The van der Waals surface area contributed by atoms with Gasteiger partial charge in [-0.2, -0.15) is 0 Å². The lowest BCUT2D eigenvalue weighted by Gasteiger charge is -2.28. The van der Waals surface area contributed by atoms with Gasteiger partial charge in [0.2, 0.25) is 5.91 Å². The van der Waals surface area contributed by atoms with Crippen LogP contribution in [0.2, 0.25) is 10.0 Å². The van der Waals surface area contributed by atoms with Crippen molar-refractivity contribution in [1.82, 2.24) is 10.2 Å². The van der Waals surface area contributed by atoms with Gasteiger partial charge in [0.25, 0.3) is 5.91 Å². The molecule has 2 aromatic rings. The number of hydrogen-bond acceptors (Lipinski definition) is 3. The Morgan fingerprint density at radius 2 is 1.96 bits per heavy atom. The third-order valence-corrected chi connectivity index (χ3v) is 5.03. The van der Waals surface area contributed by atoms with Crippen LogP contribution < -0.4 is 10.1 Å². The number of nitrogens with zero attached hydrogens (tertiary/aromatic N) is 1. The fourth-order valence-corrected chi connectivity index (χ4v) is 3.49. The molecule has 0 fully saturated rings. The Morgan fingerprint density at radius 1 is 1.21 bits per heavy atom. The van der Waals surface area contributed by atoms with E-state index in [1.807, 2.05) is 13.0 Å². The lowest BCUT2D eigenvalue weighted by molar-refractivity contribution is -0.142. The summed E-state index contributed by atoms with van der Waals surface area (Å²) >= 11 is 15.5. The number of likely N-dealkylation sites (N-methyl/N-ethyl adjacent to an activating group) is 1. The molecule has 0 unspecified atom stereocenters. The average molecular weight is 488 g/mol. The van der Waals surface area contributed by atoms with Gasteiger partial charge >= 0.3 is 0 Å². The van der Waals surface area contributed by atoms with E-state index in [9.17, 15) is 9.59 Å². The SMILES string of the molecule is CCNC(=O)[C@@H](C)N(Cc1cccc(Cl)c1)C(=O)COc1ccc(Br)cc1Cl. The fraction of sp³-hybridized carbons (Fsp3) is 0.300. The maximum atomic E-state index is 12.9. The maximum Gasteiger partial charge on any atom is 0.261 e. The van der Waals surface area contributed by atoms with E-state index in [1.54, 1.807) is 43.3 Å². The highest BCUT2D eigenvalue weighted by Crippen LogP contribution is 2.27. The van der Waals surface area contributed by atoms with Gasteiger partial charge in [0, 0.05) is 22.6 Å². The molecule has 2 aromatic carbocycles. The Balaban J connectivity index is 2.16. The molecule has 5 nitrogen and oxygen atoms in total. The van der Waals surface area contributed by atoms with Crippen molar-refractivity contribution in [3.8, 4) is 5.75 Å². The molecule has 2 rings (SSSR count). The zero-order chi connectivity index (χ0) is 20.7. The second kappa shape index (κ2) is 10.7. The number of amides is 2. The first kappa shape index (κ1) is 22.5. The summed E-state index contributed by atoms with van der Waals surface area (Å²) in [5.74, 6) is -0.177. The average Bonchev–Trinajstić information content (AvgIpc) is 2.65. The van der Waals surface area contributed by atoms with Gasteiger partial charge < -0.3 is 15.0 Å². The van der Waals surface area contributed by atoms with E-state index in [0.717, 1.165) is 10.0 Å². The van der Waals surface area contributed by atoms with E-state index < -0.39 is 6.04 Å². The van der Waals surface area contributed by atoms with Crippen LogP contribution in [0.3, 0.4) is 0 Å². The highest BCUT2D eigenvalue weighted by molar-refractivity contribution is 9.10. The van der Waals surface area contributed by atoms with Crippen LogP contribution in [0.4, 0.5) is 0 Å². The van der Waals surface area contributed by atoms with E-state index in [1.165, 1.54) is 4.90 Å². The molecule has 0 bridgehead atoms. The van der Waals surface area contributed by atoms with E-state index in [0.29, 0.717) is 22.3 Å². The summed E-state index contributed by atoms with van der Waals surface area (Å²) in [5.41, 5.74) is 0.818. The maximum absolute atomic E-state index is 12.9. The summed E-state index contributed by atoms with van der Waals surface area (Å²) in [6, 6.07) is 11.6. The van der Waals surface area contributed by atoms with Crippen molar-refractivity contribution in [3.05, 3.63) is 62.5 Å². The molecule has 0 saturated carbocycles. The molecule has 0 radical (unpaired) electrons. The molecular weight excluding hydrogens is 467 g/mol. The minimum Gasteiger partial charge on any atom is -0.482 e. The van der Waals surface area contributed by atoms with Crippen molar-refractivity contribution in [2.45, 2.75) is 26.4 Å². The van der Waals surface area contributed by atoms with Crippen LogP contribution in [0, 0.1) is 0 Å². The van der Waals surface area contributed by atoms with Crippen molar-refractivity contribution in [2.75, 3.05) is 13.2 Å². The number of benzene rings is 2. The van der Waals surface area contributed by atoms with Crippen LogP contribution in [0.15, 0.2) is 46.9 Å². The summed E-state index contributed by atoms with van der Waals surface area (Å²) in [6.07, 6.45) is 0. The second-order valence-corrected chi connectivity index (χ2v) is 7.84. The Hall–Kier alpha value is -1.76. The van der Waals surface area contributed by atoms with Gasteiger partial charge in [0.15, 0.2) is 6.61 Å². The summed E-state index contributed by atoms with van der Waals surface area (Å²) < 4.78 is 6.39. The molecule has 0 aliphatic heterocycles. The fourth-order valence-electron chi connectivity index (χ4n) is 2.55. The molecule has 2 amide bonds. The predicted molar refractivity (Wildman–Crippen MR) is 115 cm³/mol. The molecule has 0 aromatic heterocycles. The van der Waals surface area contributed by atoms with Crippen LogP contribution in [0.1, 0.15) is 19.4 Å². The van der Waals surface area contributed by atoms with Crippen LogP contribution in [0.25, 0.3) is 0 Å². The summed E-state index contributed by atoms with van der Waals surface area (Å²) in [6.45, 7) is 3.97. The van der Waals surface area contributed by atoms with E-state index >= 15 is 0 Å². The van der Waals surface area contributed by atoms with Crippen LogP contribution in [0.5, 0.6) is 5.75 Å². The van der Waals surface area contributed by atoms with Gasteiger partial charge in [-0.1, -0.05) is 51.3 Å². The van der Waals surface area contributed by atoms with E-state index in [4.69, 9.17) is 27.9 Å². The van der Waals surface area contributed by atoms with Crippen molar-refractivity contribution >= 4 is 50.9 Å². The molecule has 0 aliphatic carbocycles. The second-order valence-electron chi connectivity index (χ2n) is 6.09. The van der Waals surface area contributed by atoms with Crippen molar-refractivity contribution in [1.29, 1.82) is 0 Å². The van der Waals surface area contributed by atoms with Gasteiger partial charge in [0.1, 0.15) is 11.8 Å². The molecule has 8 heteroatoms. The van der Waals surface area contributed by atoms with Crippen LogP contribution >= 0.6 is 39.1 Å². The molecule has 0 saturated heterocycles. The van der Waals surface area contributed by atoms with Gasteiger partial charge in [-0.25, -0.2) is 0 Å². The first-order valence-corrected chi connectivity index (χ1v) is 10.3. The van der Waals surface area contributed by atoms with Crippen LogP contribution in [-0.2, 0) is 16.1 Å². The monoisotopic (exact) mass is 486 g/mol. The number of carbonyl (C=O) groups excluding carboxylic acids is 2. The van der Waals surface area contributed by atoms with E-state index in [-0.39, 0.29) is 25.0 Å². The molecule has 0 aliphatic rings. The van der Waals surface area contributed by atoms with Crippen molar-refractivity contribution in [2.24, 2.45) is 0 Å². The zero-order valence-electron chi connectivity index (χ0n) is 15.5. The third-order valence-electron chi connectivity index (χ3n) is 4.01. The van der Waals surface area contributed by atoms with Crippen molar-refractivity contribution < 1.29 is 14.3 Å². The molecule has 1 atom stereocenters. The van der Waals surface area contributed by atoms with Gasteiger partial charge in [0.05, 0.1) is 5.02 Å². The number of halogens is 3. The number of carbonyl (C=O) groups is 2. The summed E-state index contributed by atoms with van der Waals surface area (Å²) in [5, 5.41) is 3.69. The molecule has 0 heterocycles. The quantitative estimate of drug-likeness (QED) is 0.587.